The number of fused-ring (bicyclic) bond motifs is 6. The number of aryl methyl sites for hydroxylation is 6. The Morgan fingerprint density at radius 1 is 0.357 bits per heavy atom. The average molecular weight is 899 g/mol. The zero-order valence-electron chi connectivity index (χ0n) is 40.3. The smallest absolute Gasteiger partial charge is 0.197 e. The fourth-order valence-corrected chi connectivity index (χ4v) is 11.5. The van der Waals surface area contributed by atoms with Crippen LogP contribution in [0.2, 0.25) is 0 Å². The molecule has 0 bridgehead atoms. The Kier molecular flexibility index (Phi) is 10.2. The molecule has 0 saturated carbocycles. The minimum Gasteiger partial charge on any atom is -0.308 e. The minimum atomic E-state index is 0.560. The number of rotatable bonds is 7. The molecule has 0 N–H and O–H groups in total. The monoisotopic (exact) mass is 898 g/mol. The van der Waals surface area contributed by atoms with Gasteiger partial charge in [0.05, 0.1) is 51.4 Å². The van der Waals surface area contributed by atoms with E-state index in [9.17, 15) is 0 Å². The van der Waals surface area contributed by atoms with Crippen molar-refractivity contribution in [2.75, 3.05) is 0 Å². The lowest BCUT2D eigenvalue weighted by molar-refractivity contribution is 1.10. The summed E-state index contributed by atoms with van der Waals surface area (Å²) in [6.45, 7) is 22.2. The molecule has 4 nitrogen and oxygen atoms in total. The number of para-hydroxylation sites is 2. The molecule has 12 aromatic rings. The number of hydrogen-bond donors (Lipinski definition) is 0. The molecule has 4 heteroatoms. The third kappa shape index (κ3) is 7.01. The van der Waals surface area contributed by atoms with Gasteiger partial charge in [-0.3, -0.25) is 0 Å². The molecule has 0 aliphatic carbocycles. The maximum absolute atomic E-state index is 8.95. The molecule has 0 atom stereocenters. The Morgan fingerprint density at radius 2 is 0.757 bits per heavy atom. The van der Waals surface area contributed by atoms with Gasteiger partial charge in [0, 0.05) is 32.7 Å². The minimum absolute atomic E-state index is 0.560. The molecule has 3 heterocycles. The molecule has 3 aromatic heterocycles. The van der Waals surface area contributed by atoms with Crippen LogP contribution < -0.4 is 0 Å². The van der Waals surface area contributed by atoms with Gasteiger partial charge in [-0.25, -0.2) is 9.83 Å². The first-order valence-corrected chi connectivity index (χ1v) is 24.1. The number of nitrogens with zero attached hydrogens (tertiary/aromatic N) is 4. The fourth-order valence-electron chi connectivity index (χ4n) is 11.5. The van der Waals surface area contributed by atoms with Gasteiger partial charge in [0.25, 0.3) is 0 Å². The standard InChI is InChI=1S/C66H50N4/c1-40-30-42(3)65(43(4)31-40)48-26-28-61-54(34-48)51-22-14-16-24-59(51)69(61)63-38-53(50-36-56(46-18-10-8-11-19-46)68-57(37-50)47-20-12-9-13-21-47)58(67-7)39-64(63)70-60-25-17-15-23-52(60)55-35-49(27-29-62(55)70)66-44(5)32-41(2)33-45(66)6/h8-39H,1-6H3. The van der Waals surface area contributed by atoms with Crippen LogP contribution in [0.1, 0.15) is 33.4 Å². The predicted octanol–water partition coefficient (Wildman–Crippen LogP) is 18.0. The molecule has 0 aliphatic rings. The molecule has 70 heavy (non-hydrogen) atoms. The van der Waals surface area contributed by atoms with Gasteiger partial charge >= 0.3 is 0 Å². The molecule has 0 radical (unpaired) electrons. The summed E-state index contributed by atoms with van der Waals surface area (Å²) in [7, 11) is 0. The summed E-state index contributed by atoms with van der Waals surface area (Å²) in [6.07, 6.45) is 0. The van der Waals surface area contributed by atoms with Gasteiger partial charge < -0.3 is 9.13 Å². The first kappa shape index (κ1) is 42.6. The Morgan fingerprint density at radius 3 is 1.20 bits per heavy atom. The Balaban J connectivity index is 1.19. The van der Waals surface area contributed by atoms with E-state index in [1.165, 1.54) is 66.4 Å². The van der Waals surface area contributed by atoms with Crippen molar-refractivity contribution in [1.82, 2.24) is 14.1 Å². The third-order valence-electron chi connectivity index (χ3n) is 14.2. The molecular weight excluding hydrogens is 849 g/mol. The van der Waals surface area contributed by atoms with Crippen LogP contribution in [0.4, 0.5) is 5.69 Å². The van der Waals surface area contributed by atoms with E-state index >= 15 is 0 Å². The normalized spacial score (nSPS) is 11.6. The maximum atomic E-state index is 8.95. The van der Waals surface area contributed by atoms with E-state index in [-0.39, 0.29) is 0 Å². The second-order valence-electron chi connectivity index (χ2n) is 19.0. The summed E-state index contributed by atoms with van der Waals surface area (Å²) >= 11 is 0. The largest absolute Gasteiger partial charge is 0.308 e. The van der Waals surface area contributed by atoms with E-state index in [2.05, 4.69) is 238 Å². The van der Waals surface area contributed by atoms with Crippen LogP contribution in [0, 0.1) is 48.1 Å². The summed E-state index contributed by atoms with van der Waals surface area (Å²) < 4.78 is 4.82. The van der Waals surface area contributed by atoms with Crippen molar-refractivity contribution >= 4 is 49.3 Å². The highest BCUT2D eigenvalue weighted by atomic mass is 15.1. The van der Waals surface area contributed by atoms with E-state index in [1.54, 1.807) is 0 Å². The molecule has 0 unspecified atom stereocenters. The highest BCUT2D eigenvalue weighted by Gasteiger charge is 2.24. The van der Waals surface area contributed by atoms with Crippen LogP contribution in [-0.2, 0) is 0 Å². The fraction of sp³-hybridized carbons (Fsp3) is 0.0909. The first-order chi connectivity index (χ1) is 34.1. The van der Waals surface area contributed by atoms with E-state index < -0.39 is 0 Å². The third-order valence-corrected chi connectivity index (χ3v) is 14.2. The zero-order valence-corrected chi connectivity index (χ0v) is 40.3. The van der Waals surface area contributed by atoms with Crippen molar-refractivity contribution in [3.63, 3.8) is 0 Å². The molecule has 334 valence electrons. The highest BCUT2D eigenvalue weighted by molar-refractivity contribution is 6.13. The second-order valence-corrected chi connectivity index (χ2v) is 19.0. The summed E-state index contributed by atoms with van der Waals surface area (Å²) in [6, 6.07) is 69.9. The van der Waals surface area contributed by atoms with Crippen molar-refractivity contribution in [2.24, 2.45) is 0 Å². The average Bonchev–Trinajstić information content (AvgIpc) is 3.88. The SMILES string of the molecule is [C-]#[N+]c1cc(-n2c3ccccc3c3cc(-c4c(C)cc(C)cc4C)ccc32)c(-n2c3ccccc3c3cc(-c4c(C)cc(C)cc4C)ccc32)cc1-c1cc(-c2ccccc2)nc(-c2ccccc2)c1. The van der Waals surface area contributed by atoms with Gasteiger partial charge in [0.2, 0.25) is 0 Å². The van der Waals surface area contributed by atoms with Crippen LogP contribution in [-0.4, -0.2) is 14.1 Å². The number of aromatic nitrogens is 3. The van der Waals surface area contributed by atoms with Crippen molar-refractivity contribution in [1.29, 1.82) is 0 Å². The van der Waals surface area contributed by atoms with Crippen LogP contribution in [0.5, 0.6) is 0 Å². The molecule has 0 saturated heterocycles. The molecule has 9 aromatic carbocycles. The summed E-state index contributed by atoms with van der Waals surface area (Å²) in [5.41, 5.74) is 24.8. The second kappa shape index (κ2) is 16.8. The Labute approximate surface area is 409 Å². The number of pyridine rings is 1. The summed E-state index contributed by atoms with van der Waals surface area (Å²) in [4.78, 5) is 9.63. The van der Waals surface area contributed by atoms with E-state index in [0.717, 1.165) is 77.9 Å². The van der Waals surface area contributed by atoms with Crippen molar-refractivity contribution < 1.29 is 0 Å². The number of benzene rings is 9. The Bertz CT molecular complexity index is 4020. The van der Waals surface area contributed by atoms with Crippen molar-refractivity contribution in [2.45, 2.75) is 41.5 Å². The van der Waals surface area contributed by atoms with Crippen LogP contribution in [0.15, 0.2) is 194 Å². The van der Waals surface area contributed by atoms with Gasteiger partial charge in [0.1, 0.15) is 0 Å². The van der Waals surface area contributed by atoms with Crippen molar-refractivity contribution in [3.8, 4) is 67.3 Å². The van der Waals surface area contributed by atoms with E-state index in [0.29, 0.717) is 5.69 Å². The van der Waals surface area contributed by atoms with Crippen LogP contribution in [0.25, 0.3) is 116 Å². The lowest BCUT2D eigenvalue weighted by Crippen LogP contribution is -2.04. The first-order valence-electron chi connectivity index (χ1n) is 24.1. The zero-order chi connectivity index (χ0) is 47.8. The highest BCUT2D eigenvalue weighted by Crippen LogP contribution is 2.46. The topological polar surface area (TPSA) is 27.1 Å². The van der Waals surface area contributed by atoms with Gasteiger partial charge in [-0.2, -0.15) is 0 Å². The van der Waals surface area contributed by atoms with Gasteiger partial charge in [0.15, 0.2) is 5.69 Å². The molecule has 0 amide bonds. The molecule has 12 rings (SSSR count). The maximum Gasteiger partial charge on any atom is 0.197 e. The lowest BCUT2D eigenvalue weighted by atomic mass is 9.93. The van der Waals surface area contributed by atoms with Gasteiger partial charge in [-0.15, -0.1) is 0 Å². The van der Waals surface area contributed by atoms with Crippen LogP contribution in [0.3, 0.4) is 0 Å². The summed E-state index contributed by atoms with van der Waals surface area (Å²) in [5, 5.41) is 4.66. The van der Waals surface area contributed by atoms with E-state index in [4.69, 9.17) is 11.6 Å². The quantitative estimate of drug-likeness (QED) is 0.146. The van der Waals surface area contributed by atoms with Gasteiger partial charge in [-0.1, -0.05) is 145 Å². The molecular formula is C66H50N4. The Hall–Kier alpha value is -8.78. The van der Waals surface area contributed by atoms with Crippen LogP contribution >= 0.6 is 0 Å². The van der Waals surface area contributed by atoms with E-state index in [1.807, 2.05) is 12.1 Å². The lowest BCUT2D eigenvalue weighted by Gasteiger charge is -2.20. The number of hydrogen-bond acceptors (Lipinski definition) is 1. The molecule has 0 aliphatic heterocycles. The molecule has 0 fully saturated rings. The predicted molar refractivity (Wildman–Crippen MR) is 295 cm³/mol. The van der Waals surface area contributed by atoms with Gasteiger partial charge in [-0.05, 0) is 158 Å². The summed E-state index contributed by atoms with van der Waals surface area (Å²) in [5.74, 6) is 0. The molecule has 0 spiro atoms. The van der Waals surface area contributed by atoms with Crippen molar-refractivity contribution in [3.05, 3.63) is 239 Å².